The molecule has 110 valence electrons. The molecule has 2 aromatic carbocycles. The lowest BCUT2D eigenvalue weighted by Gasteiger charge is -2.19. The van der Waals surface area contributed by atoms with E-state index in [1.165, 1.54) is 27.2 Å². The van der Waals surface area contributed by atoms with E-state index in [-0.39, 0.29) is 0 Å². The average Bonchev–Trinajstić information content (AvgIpc) is 2.48. The molecule has 0 bridgehead atoms. The number of hydrogen-bond donors (Lipinski definition) is 0. The van der Waals surface area contributed by atoms with Crippen LogP contribution >= 0.6 is 7.92 Å². The van der Waals surface area contributed by atoms with Gasteiger partial charge >= 0.3 is 0 Å². The van der Waals surface area contributed by atoms with Crippen molar-refractivity contribution >= 4 is 24.0 Å². The monoisotopic (exact) mass is 305 g/mol. The number of benzene rings is 2. The third-order valence-electron chi connectivity index (χ3n) is 3.62. The number of pyridine rings is 1. The van der Waals surface area contributed by atoms with E-state index >= 15 is 0 Å². The van der Waals surface area contributed by atoms with Crippen LogP contribution < -0.4 is 16.0 Å². The highest BCUT2D eigenvalue weighted by Crippen LogP contribution is 2.32. The first-order valence-electron chi connectivity index (χ1n) is 7.50. The Hall–Kier alpha value is -1.98. The van der Waals surface area contributed by atoms with E-state index in [0.717, 1.165) is 5.69 Å². The zero-order valence-electron chi connectivity index (χ0n) is 13.2. The van der Waals surface area contributed by atoms with Crippen molar-refractivity contribution in [2.45, 2.75) is 20.8 Å². The molecule has 0 fully saturated rings. The van der Waals surface area contributed by atoms with E-state index < -0.39 is 7.92 Å². The molecule has 0 aliphatic rings. The second kappa shape index (κ2) is 6.42. The van der Waals surface area contributed by atoms with Crippen molar-refractivity contribution in [2.75, 3.05) is 0 Å². The van der Waals surface area contributed by atoms with Crippen molar-refractivity contribution in [1.29, 1.82) is 0 Å². The molecule has 3 rings (SSSR count). The minimum absolute atomic E-state index is 0.606. The highest BCUT2D eigenvalue weighted by molar-refractivity contribution is 7.79. The van der Waals surface area contributed by atoms with E-state index in [1.807, 2.05) is 0 Å². The van der Waals surface area contributed by atoms with Gasteiger partial charge < -0.3 is 0 Å². The van der Waals surface area contributed by atoms with Gasteiger partial charge in [0.05, 0.1) is 5.44 Å². The average molecular weight is 305 g/mol. The van der Waals surface area contributed by atoms with E-state index in [0.29, 0.717) is 0 Å². The molecule has 0 aliphatic carbocycles. The third kappa shape index (κ3) is 3.26. The topological polar surface area (TPSA) is 12.9 Å². The van der Waals surface area contributed by atoms with Gasteiger partial charge in [0.15, 0.2) is 0 Å². The highest BCUT2D eigenvalue weighted by atomic mass is 31.1. The van der Waals surface area contributed by atoms with Crippen LogP contribution in [0.15, 0.2) is 66.7 Å². The summed E-state index contributed by atoms with van der Waals surface area (Å²) in [6, 6.07) is 23.9. The van der Waals surface area contributed by atoms with E-state index in [4.69, 9.17) is 4.98 Å². The van der Waals surface area contributed by atoms with E-state index in [1.54, 1.807) is 0 Å². The first-order valence-corrected chi connectivity index (χ1v) is 8.85. The molecule has 1 nitrogen and oxygen atoms in total. The van der Waals surface area contributed by atoms with Crippen molar-refractivity contribution in [1.82, 2.24) is 4.98 Å². The molecular formula is C20H20NP. The Balaban J connectivity index is 2.18. The van der Waals surface area contributed by atoms with Gasteiger partial charge in [0.25, 0.3) is 0 Å². The van der Waals surface area contributed by atoms with E-state index in [2.05, 4.69) is 87.5 Å². The summed E-state index contributed by atoms with van der Waals surface area (Å²) in [7, 11) is -0.606. The Morgan fingerprint density at radius 3 is 1.73 bits per heavy atom. The van der Waals surface area contributed by atoms with Gasteiger partial charge in [-0.1, -0.05) is 65.7 Å². The third-order valence-corrected chi connectivity index (χ3v) is 5.92. The maximum Gasteiger partial charge on any atom is 0.0724 e. The number of aryl methyl sites for hydroxylation is 3. The molecule has 2 heteroatoms. The van der Waals surface area contributed by atoms with Crippen LogP contribution in [0.3, 0.4) is 0 Å². The Kier molecular flexibility index (Phi) is 4.36. The summed E-state index contributed by atoms with van der Waals surface area (Å²) < 4.78 is 0. The fourth-order valence-electron chi connectivity index (χ4n) is 2.60. The number of hydrogen-bond acceptors (Lipinski definition) is 1. The van der Waals surface area contributed by atoms with Crippen LogP contribution in [-0.4, -0.2) is 4.98 Å². The van der Waals surface area contributed by atoms with Crippen LogP contribution in [0.4, 0.5) is 0 Å². The first kappa shape index (κ1) is 14.9. The van der Waals surface area contributed by atoms with E-state index in [9.17, 15) is 0 Å². The minimum Gasteiger partial charge on any atom is -0.253 e. The van der Waals surface area contributed by atoms with Crippen molar-refractivity contribution < 1.29 is 0 Å². The minimum atomic E-state index is -0.606. The Morgan fingerprint density at radius 2 is 1.23 bits per heavy atom. The standard InChI is InChI=1S/C20H20NP/c1-15-7-4-10-18(13-15)22(19-11-5-8-16(2)14-19)20-12-6-9-17(3)21-20/h4-14H,1-3H3. The molecule has 3 aromatic rings. The van der Waals surface area contributed by atoms with Crippen LogP contribution in [0.5, 0.6) is 0 Å². The normalized spacial score (nSPS) is 10.9. The van der Waals surface area contributed by atoms with Gasteiger partial charge in [0.1, 0.15) is 0 Å². The largest absolute Gasteiger partial charge is 0.253 e. The smallest absolute Gasteiger partial charge is 0.0724 e. The zero-order valence-corrected chi connectivity index (χ0v) is 14.1. The second-order valence-corrected chi connectivity index (χ2v) is 7.81. The van der Waals surface area contributed by atoms with Gasteiger partial charge in [0.2, 0.25) is 0 Å². The lowest BCUT2D eigenvalue weighted by molar-refractivity contribution is 1.24. The lowest BCUT2D eigenvalue weighted by atomic mass is 10.2. The molecule has 1 aromatic heterocycles. The Morgan fingerprint density at radius 1 is 0.682 bits per heavy atom. The summed E-state index contributed by atoms with van der Waals surface area (Å²) in [6.07, 6.45) is 0. The van der Waals surface area contributed by atoms with Crippen molar-refractivity contribution in [2.24, 2.45) is 0 Å². The summed E-state index contributed by atoms with van der Waals surface area (Å²) >= 11 is 0. The fourth-order valence-corrected chi connectivity index (χ4v) is 5.06. The van der Waals surface area contributed by atoms with Gasteiger partial charge in [-0.05, 0) is 43.5 Å². The molecule has 22 heavy (non-hydrogen) atoms. The molecule has 0 aliphatic heterocycles. The summed E-state index contributed by atoms with van der Waals surface area (Å²) in [5.74, 6) is 0. The zero-order chi connectivity index (χ0) is 15.5. The predicted molar refractivity (Wildman–Crippen MR) is 97.2 cm³/mol. The number of rotatable bonds is 3. The molecule has 0 amide bonds. The fraction of sp³-hybridized carbons (Fsp3) is 0.150. The van der Waals surface area contributed by atoms with Crippen LogP contribution in [-0.2, 0) is 0 Å². The van der Waals surface area contributed by atoms with Gasteiger partial charge in [-0.3, -0.25) is 4.98 Å². The molecule has 0 N–H and O–H groups in total. The molecule has 0 saturated heterocycles. The molecule has 1 heterocycles. The Bertz CT molecular complexity index is 687. The van der Waals surface area contributed by atoms with Crippen LogP contribution in [0, 0.1) is 20.8 Å². The predicted octanol–water partition coefficient (Wildman–Crippen LogP) is 3.77. The van der Waals surface area contributed by atoms with Crippen LogP contribution in [0.2, 0.25) is 0 Å². The van der Waals surface area contributed by atoms with Gasteiger partial charge in [-0.15, -0.1) is 0 Å². The second-order valence-electron chi connectivity index (χ2n) is 5.65. The van der Waals surface area contributed by atoms with Crippen molar-refractivity contribution in [3.05, 3.63) is 83.6 Å². The quantitative estimate of drug-likeness (QED) is 0.671. The summed E-state index contributed by atoms with van der Waals surface area (Å²) in [4.78, 5) is 4.81. The summed E-state index contributed by atoms with van der Waals surface area (Å²) in [6.45, 7) is 6.36. The van der Waals surface area contributed by atoms with Crippen molar-refractivity contribution in [3.63, 3.8) is 0 Å². The van der Waals surface area contributed by atoms with Crippen molar-refractivity contribution in [3.8, 4) is 0 Å². The molecule has 0 saturated carbocycles. The van der Waals surface area contributed by atoms with Crippen LogP contribution in [0.1, 0.15) is 16.8 Å². The molecule has 0 radical (unpaired) electrons. The molecule has 0 unspecified atom stereocenters. The number of nitrogens with zero attached hydrogens (tertiary/aromatic N) is 1. The highest BCUT2D eigenvalue weighted by Gasteiger charge is 2.18. The summed E-state index contributed by atoms with van der Waals surface area (Å²) in [5.41, 5.74) is 4.84. The first-order chi connectivity index (χ1) is 10.6. The SMILES string of the molecule is Cc1cccc(P(c2cccc(C)c2)c2cccc(C)n2)c1. The maximum absolute atomic E-state index is 4.81. The number of aromatic nitrogens is 1. The van der Waals surface area contributed by atoms with Gasteiger partial charge in [-0.25, -0.2) is 0 Å². The molecule has 0 atom stereocenters. The summed E-state index contributed by atoms with van der Waals surface area (Å²) in [5, 5.41) is 2.72. The Labute approximate surface area is 133 Å². The molecular weight excluding hydrogens is 285 g/mol. The lowest BCUT2D eigenvalue weighted by Crippen LogP contribution is -2.23. The molecule has 0 spiro atoms. The maximum atomic E-state index is 4.81. The van der Waals surface area contributed by atoms with Gasteiger partial charge in [0, 0.05) is 13.6 Å². The van der Waals surface area contributed by atoms with Crippen LogP contribution in [0.25, 0.3) is 0 Å². The van der Waals surface area contributed by atoms with Gasteiger partial charge in [-0.2, -0.15) is 0 Å².